The predicted molar refractivity (Wildman–Crippen MR) is 406 cm³/mol. The van der Waals surface area contributed by atoms with E-state index in [4.69, 9.17) is 13.3 Å². The molecule has 3 aliphatic rings. The Kier molecular flexibility index (Phi) is 12.2. The Morgan fingerprint density at radius 1 is 0.347 bits per heavy atom. The van der Waals surface area contributed by atoms with Crippen LogP contribution in [0.5, 0.6) is 0 Å². The Labute approximate surface area is 557 Å². The van der Waals surface area contributed by atoms with Gasteiger partial charge in [0.1, 0.15) is 33.5 Å². The van der Waals surface area contributed by atoms with Gasteiger partial charge in [-0.05, 0) is 162 Å². The fourth-order valence-electron chi connectivity index (χ4n) is 16.8. The first-order valence-corrected chi connectivity index (χ1v) is 40.8. The van der Waals surface area contributed by atoms with E-state index in [0.29, 0.717) is 0 Å². The molecule has 0 unspecified atom stereocenters. The molecule has 0 aliphatic heterocycles. The molecule has 3 aliphatic carbocycles. The third-order valence-corrected chi connectivity index (χ3v) is 25.4. The third kappa shape index (κ3) is 8.37. The summed E-state index contributed by atoms with van der Waals surface area (Å²) in [6.07, 6.45) is 0.898. The molecule has 7 heteroatoms. The zero-order valence-electron chi connectivity index (χ0n) is 56.3. The lowest BCUT2D eigenvalue weighted by molar-refractivity contribution is 0.590. The van der Waals surface area contributed by atoms with E-state index in [2.05, 4.69) is 321 Å². The second-order valence-corrected chi connectivity index (χ2v) is 41.2. The second kappa shape index (κ2) is 20.1. The zero-order valence-corrected chi connectivity index (χ0v) is 58.3. The summed E-state index contributed by atoms with van der Waals surface area (Å²) in [5.41, 5.74) is 27.8. The minimum atomic E-state index is -1.80. The second-order valence-electron chi connectivity index (χ2n) is 31.2. The third-order valence-electron chi connectivity index (χ3n) is 21.3. The highest BCUT2D eigenvalue weighted by molar-refractivity contribution is 6.90. The highest BCUT2D eigenvalue weighted by Crippen LogP contribution is 2.68. The van der Waals surface area contributed by atoms with Crippen LogP contribution in [0.1, 0.15) is 86.1 Å². The van der Waals surface area contributed by atoms with Gasteiger partial charge in [-0.2, -0.15) is 0 Å². The van der Waals surface area contributed by atoms with Crippen LogP contribution in [-0.2, 0) is 22.7 Å². The van der Waals surface area contributed by atoms with Crippen LogP contribution in [0.4, 0.5) is 34.1 Å². The van der Waals surface area contributed by atoms with E-state index in [0.717, 1.165) is 129 Å². The smallest absolute Gasteiger partial charge is 0.145 e. The number of hydrogen-bond acceptors (Lipinski definition) is 5. The number of fused-ring (bicyclic) bond motifs is 24. The monoisotopic (exact) mass is 1260 g/mol. The summed E-state index contributed by atoms with van der Waals surface area (Å²) in [6.45, 7) is 28.4. The minimum absolute atomic E-state index is 0.0519. The number of rotatable bonds is 8. The van der Waals surface area contributed by atoms with Crippen molar-refractivity contribution < 1.29 is 13.3 Å². The number of benzene rings is 12. The summed E-state index contributed by atoms with van der Waals surface area (Å²) in [4.78, 5) is 5.03. The summed E-state index contributed by atoms with van der Waals surface area (Å²) in [5, 5.41) is 9.30. The number of nitrogens with zero attached hydrogens (tertiary/aromatic N) is 2. The van der Waals surface area contributed by atoms with Crippen LogP contribution in [0.15, 0.2) is 244 Å². The highest BCUT2D eigenvalue weighted by atomic mass is 28.3. The largest absolute Gasteiger partial charge is 0.456 e. The van der Waals surface area contributed by atoms with Crippen LogP contribution in [0.3, 0.4) is 0 Å². The number of anilines is 6. The molecule has 12 aromatic carbocycles. The quantitative estimate of drug-likeness (QED) is 0.142. The summed E-state index contributed by atoms with van der Waals surface area (Å²) in [5.74, 6) is 0. The highest BCUT2D eigenvalue weighted by Gasteiger charge is 2.55. The van der Waals surface area contributed by atoms with E-state index in [-0.39, 0.29) is 10.8 Å². The van der Waals surface area contributed by atoms with Crippen LogP contribution < -0.4 is 20.2 Å². The lowest BCUT2D eigenvalue weighted by atomic mass is 9.70. The first-order valence-electron chi connectivity index (χ1n) is 33.8. The molecule has 3 heterocycles. The summed E-state index contributed by atoms with van der Waals surface area (Å²) in [6, 6.07) is 87.3. The summed E-state index contributed by atoms with van der Waals surface area (Å²) < 4.78 is 22.6. The fraction of sp³-hybridized carbons (Fsp3) is 0.182. The topological polar surface area (TPSA) is 45.9 Å². The average molecular weight is 1270 g/mol. The van der Waals surface area contributed by atoms with Gasteiger partial charge in [0.25, 0.3) is 0 Å². The molecule has 0 amide bonds. The predicted octanol–water partition coefficient (Wildman–Crippen LogP) is 23.9. The lowest BCUT2D eigenvalue weighted by Crippen LogP contribution is -2.39. The Hall–Kier alpha value is -9.93. The Morgan fingerprint density at radius 3 is 1.33 bits per heavy atom. The Morgan fingerprint density at radius 2 is 0.789 bits per heavy atom. The molecule has 464 valence electrons. The molecule has 0 saturated heterocycles. The lowest BCUT2D eigenvalue weighted by Gasteiger charge is -2.34. The van der Waals surface area contributed by atoms with Crippen LogP contribution in [0.25, 0.3) is 99.2 Å². The van der Waals surface area contributed by atoms with E-state index >= 15 is 0 Å². The number of para-hydroxylation sites is 3. The Bertz CT molecular complexity index is 5710. The van der Waals surface area contributed by atoms with Crippen molar-refractivity contribution in [3.8, 4) is 33.4 Å². The van der Waals surface area contributed by atoms with Crippen molar-refractivity contribution in [1.29, 1.82) is 0 Å². The van der Waals surface area contributed by atoms with Crippen molar-refractivity contribution in [2.24, 2.45) is 0 Å². The van der Waals surface area contributed by atoms with E-state index in [9.17, 15) is 0 Å². The minimum Gasteiger partial charge on any atom is -0.456 e. The molecular formula is C88H76N2O3Si2. The van der Waals surface area contributed by atoms with E-state index in [1.807, 2.05) is 0 Å². The van der Waals surface area contributed by atoms with Gasteiger partial charge in [-0.25, -0.2) is 0 Å². The van der Waals surface area contributed by atoms with Crippen molar-refractivity contribution in [1.82, 2.24) is 0 Å². The standard InChI is InChI=1S/C88H76N2O3Si2/c1-86(2,3)53-35-39-55(40-36-53)89(57-43-45-59-52(47-57)48-67-60(59)27-21-33-77(67)94(7,8)9)72-50-70-81(84-79(72)65-25-15-19-31-74(65)91-84)82-71(88(70)68-29-17-13-23-61(68)62-24-14-18-30-69(62)88)51-73(80-66-26-16-20-32-75(66)92-85(80)82)90(56-41-37-54(38-42-56)87(4,5)6)58-44-46-63-64-28-22-34-78(95(10,11)12)83(64)93-76(63)49-58/h13-47,49-51H,48H2,1-12H3. The molecule has 0 bridgehead atoms. The van der Waals surface area contributed by atoms with Crippen molar-refractivity contribution in [3.63, 3.8) is 0 Å². The normalized spacial score (nSPS) is 13.9. The van der Waals surface area contributed by atoms with Gasteiger partial charge in [0.2, 0.25) is 0 Å². The summed E-state index contributed by atoms with van der Waals surface area (Å²) in [7, 11) is -3.48. The molecular weight excluding hydrogens is 1190 g/mol. The number of hydrogen-bond donors (Lipinski definition) is 0. The van der Waals surface area contributed by atoms with Crippen molar-refractivity contribution in [2.45, 2.75) is 103 Å². The van der Waals surface area contributed by atoms with E-state index in [1.165, 1.54) is 60.8 Å². The van der Waals surface area contributed by atoms with E-state index < -0.39 is 21.6 Å². The first-order chi connectivity index (χ1) is 45.6. The zero-order chi connectivity index (χ0) is 65.0. The molecule has 0 N–H and O–H groups in total. The molecule has 3 aromatic heterocycles. The maximum absolute atomic E-state index is 7.71. The number of furan rings is 3. The van der Waals surface area contributed by atoms with Gasteiger partial charge in [-0.3, -0.25) is 0 Å². The molecule has 5 nitrogen and oxygen atoms in total. The molecule has 0 saturated carbocycles. The van der Waals surface area contributed by atoms with Gasteiger partial charge < -0.3 is 23.1 Å². The van der Waals surface area contributed by atoms with E-state index in [1.54, 1.807) is 5.19 Å². The van der Waals surface area contributed by atoms with Crippen LogP contribution in [0.2, 0.25) is 39.3 Å². The molecule has 0 radical (unpaired) electrons. The van der Waals surface area contributed by atoms with Gasteiger partial charge in [-0.1, -0.05) is 238 Å². The van der Waals surface area contributed by atoms with Gasteiger partial charge in [-0.15, -0.1) is 0 Å². The van der Waals surface area contributed by atoms with Gasteiger partial charge in [0.05, 0.1) is 43.7 Å². The molecule has 18 rings (SSSR count). The van der Waals surface area contributed by atoms with Crippen LogP contribution in [0, 0.1) is 0 Å². The fourth-order valence-corrected chi connectivity index (χ4v) is 20.0. The van der Waals surface area contributed by atoms with Crippen LogP contribution in [-0.4, -0.2) is 16.1 Å². The van der Waals surface area contributed by atoms with Gasteiger partial charge >= 0.3 is 0 Å². The van der Waals surface area contributed by atoms with Gasteiger partial charge in [0, 0.05) is 61.5 Å². The SMILES string of the molecule is CC(C)(C)c1ccc(N(c2ccc3c(c2)Cc2c-3cccc2[Si](C)(C)C)c2cc3c(c4oc5ccccc5c24)-c2c(cc(N(c4ccc(C(C)(C)C)cc4)c4ccc5c(c4)oc4c([Si](C)(C)C)cccc45)c4c2oc2ccccc24)C32c3ccccc3-c3ccccc32)cc1. The maximum Gasteiger partial charge on any atom is 0.145 e. The molecule has 0 fully saturated rings. The summed E-state index contributed by atoms with van der Waals surface area (Å²) >= 11 is 0. The molecule has 95 heavy (non-hydrogen) atoms. The maximum atomic E-state index is 7.71. The van der Waals surface area contributed by atoms with Gasteiger partial charge in [0.15, 0.2) is 0 Å². The van der Waals surface area contributed by atoms with Crippen molar-refractivity contribution in [3.05, 3.63) is 275 Å². The first kappa shape index (κ1) is 57.7. The van der Waals surface area contributed by atoms with Crippen molar-refractivity contribution in [2.75, 3.05) is 9.80 Å². The van der Waals surface area contributed by atoms with Crippen LogP contribution >= 0.6 is 0 Å². The Balaban J connectivity index is 0.974. The molecule has 1 spiro atoms. The molecule has 15 aromatic rings. The van der Waals surface area contributed by atoms with Crippen molar-refractivity contribution >= 4 is 126 Å². The average Bonchev–Trinajstić information content (AvgIpc) is 1.50. The molecule has 0 atom stereocenters.